The van der Waals surface area contributed by atoms with E-state index in [1.165, 1.54) is 36.1 Å². The number of hydrogen-bond acceptors (Lipinski definition) is 5. The third-order valence-corrected chi connectivity index (χ3v) is 5.78. The molecule has 0 radical (unpaired) electrons. The van der Waals surface area contributed by atoms with Crippen LogP contribution in [0.1, 0.15) is 48.1 Å². The lowest BCUT2D eigenvalue weighted by Gasteiger charge is -2.21. The molecule has 0 atom stereocenters. The molecule has 6 nitrogen and oxygen atoms in total. The van der Waals surface area contributed by atoms with Crippen molar-refractivity contribution in [2.75, 3.05) is 31.1 Å². The van der Waals surface area contributed by atoms with Gasteiger partial charge in [0.15, 0.2) is 5.96 Å². The molecule has 3 rings (SSSR count). The van der Waals surface area contributed by atoms with Crippen LogP contribution >= 0.6 is 11.3 Å². The van der Waals surface area contributed by atoms with Gasteiger partial charge in [0.1, 0.15) is 5.82 Å². The molecule has 0 saturated carbocycles. The summed E-state index contributed by atoms with van der Waals surface area (Å²) in [5, 5.41) is 7.90. The summed E-state index contributed by atoms with van der Waals surface area (Å²) in [6.45, 7) is 8.72. The summed E-state index contributed by atoms with van der Waals surface area (Å²) in [6.07, 6.45) is 9.95. The molecule has 0 unspecified atom stereocenters. The van der Waals surface area contributed by atoms with Crippen molar-refractivity contribution in [3.05, 3.63) is 40.0 Å². The molecule has 0 aliphatic carbocycles. The Morgan fingerprint density at radius 2 is 2.00 bits per heavy atom. The highest BCUT2D eigenvalue weighted by Crippen LogP contribution is 2.18. The molecule has 152 valence electrons. The number of aryl methyl sites for hydroxylation is 1. The maximum absolute atomic E-state index is 4.76. The molecule has 0 amide bonds. The third-order valence-electron chi connectivity index (χ3n) is 4.80. The van der Waals surface area contributed by atoms with Crippen molar-refractivity contribution < 1.29 is 0 Å². The molecule has 0 aromatic carbocycles. The number of rotatable bonds is 7. The van der Waals surface area contributed by atoms with E-state index in [0.29, 0.717) is 6.54 Å². The highest BCUT2D eigenvalue weighted by atomic mass is 32.1. The summed E-state index contributed by atoms with van der Waals surface area (Å²) >= 11 is 1.76. The maximum atomic E-state index is 4.76. The van der Waals surface area contributed by atoms with E-state index in [-0.39, 0.29) is 0 Å². The molecule has 2 aromatic rings. The van der Waals surface area contributed by atoms with Gasteiger partial charge < -0.3 is 15.5 Å². The van der Waals surface area contributed by atoms with Gasteiger partial charge in [-0.1, -0.05) is 12.8 Å². The Kier molecular flexibility index (Phi) is 8.08. The van der Waals surface area contributed by atoms with E-state index in [1.807, 2.05) is 12.4 Å². The predicted molar refractivity (Wildman–Crippen MR) is 118 cm³/mol. The zero-order valence-corrected chi connectivity index (χ0v) is 17.9. The number of hydrogen-bond donors (Lipinski definition) is 2. The Balaban J connectivity index is 1.56. The molecule has 0 spiro atoms. The molecule has 1 saturated heterocycles. The average Bonchev–Trinajstić information content (AvgIpc) is 2.95. The highest BCUT2D eigenvalue weighted by molar-refractivity contribution is 7.11. The molecule has 28 heavy (non-hydrogen) atoms. The van der Waals surface area contributed by atoms with Gasteiger partial charge in [-0.2, -0.15) is 0 Å². The van der Waals surface area contributed by atoms with Crippen LogP contribution < -0.4 is 15.5 Å². The highest BCUT2D eigenvalue weighted by Gasteiger charge is 2.11. The molecule has 1 fully saturated rings. The quantitative estimate of drug-likeness (QED) is 0.550. The van der Waals surface area contributed by atoms with Gasteiger partial charge in [0.05, 0.1) is 11.6 Å². The van der Waals surface area contributed by atoms with Crippen molar-refractivity contribution in [3.8, 4) is 0 Å². The van der Waals surface area contributed by atoms with Gasteiger partial charge in [-0.25, -0.2) is 15.0 Å². The summed E-state index contributed by atoms with van der Waals surface area (Å²) in [6, 6.07) is 4.25. The van der Waals surface area contributed by atoms with Crippen LogP contribution in [0.25, 0.3) is 0 Å². The first-order valence-corrected chi connectivity index (χ1v) is 11.2. The van der Waals surface area contributed by atoms with Gasteiger partial charge in [0.25, 0.3) is 0 Å². The van der Waals surface area contributed by atoms with E-state index in [9.17, 15) is 0 Å². The second-order valence-corrected chi connectivity index (χ2v) is 8.48. The van der Waals surface area contributed by atoms with Crippen molar-refractivity contribution in [2.24, 2.45) is 4.99 Å². The molecule has 7 heteroatoms. The van der Waals surface area contributed by atoms with Crippen molar-refractivity contribution in [2.45, 2.75) is 52.5 Å². The van der Waals surface area contributed by atoms with Crippen LogP contribution in [0.4, 0.5) is 5.82 Å². The monoisotopic (exact) mass is 400 g/mol. The van der Waals surface area contributed by atoms with Crippen LogP contribution in [0.2, 0.25) is 0 Å². The van der Waals surface area contributed by atoms with Gasteiger partial charge in [-0.05, 0) is 44.4 Å². The topological polar surface area (TPSA) is 65.4 Å². The number of aliphatic imine (C=N–C) groups is 1. The zero-order valence-electron chi connectivity index (χ0n) is 17.1. The summed E-state index contributed by atoms with van der Waals surface area (Å²) in [7, 11) is 0. The van der Waals surface area contributed by atoms with E-state index in [4.69, 9.17) is 4.99 Å². The van der Waals surface area contributed by atoms with Crippen molar-refractivity contribution >= 4 is 23.1 Å². The Labute approximate surface area is 172 Å². The fourth-order valence-corrected chi connectivity index (χ4v) is 4.14. The van der Waals surface area contributed by atoms with Crippen LogP contribution in [-0.2, 0) is 13.0 Å². The van der Waals surface area contributed by atoms with E-state index in [0.717, 1.165) is 49.4 Å². The molecule has 1 aliphatic rings. The van der Waals surface area contributed by atoms with Crippen LogP contribution in [0, 0.1) is 6.92 Å². The van der Waals surface area contributed by atoms with E-state index >= 15 is 0 Å². The van der Waals surface area contributed by atoms with E-state index in [2.05, 4.69) is 51.5 Å². The summed E-state index contributed by atoms with van der Waals surface area (Å²) in [4.78, 5) is 17.4. The van der Waals surface area contributed by atoms with E-state index < -0.39 is 0 Å². The lowest BCUT2D eigenvalue weighted by Crippen LogP contribution is -2.38. The van der Waals surface area contributed by atoms with Crippen molar-refractivity contribution in [1.29, 1.82) is 0 Å². The normalized spacial score (nSPS) is 15.4. The minimum absolute atomic E-state index is 0.648. The number of thiazole rings is 1. The number of nitrogens with one attached hydrogen (secondary N) is 2. The number of pyridine rings is 1. The summed E-state index contributed by atoms with van der Waals surface area (Å²) in [5.74, 6) is 1.94. The molecular weight excluding hydrogens is 368 g/mol. The van der Waals surface area contributed by atoms with Crippen LogP contribution in [-0.4, -0.2) is 42.1 Å². The summed E-state index contributed by atoms with van der Waals surface area (Å²) < 4.78 is 0. The van der Waals surface area contributed by atoms with Crippen molar-refractivity contribution in [3.63, 3.8) is 0 Å². The van der Waals surface area contributed by atoms with Gasteiger partial charge in [0, 0.05) is 49.9 Å². The van der Waals surface area contributed by atoms with Crippen LogP contribution in [0.5, 0.6) is 0 Å². The standard InChI is InChI=1S/C21H32N6S/c1-3-22-21(24-11-9-20-25-15-17(2)28-20)26-16-18-8-10-23-19(14-18)27-12-6-4-5-7-13-27/h8,10,14-15H,3-7,9,11-13,16H2,1-2H3,(H2,22,24,26). The van der Waals surface area contributed by atoms with Crippen LogP contribution in [0.3, 0.4) is 0 Å². The molecule has 0 bridgehead atoms. The first-order chi connectivity index (χ1) is 13.7. The fraction of sp³-hybridized carbons (Fsp3) is 0.571. The molecule has 3 heterocycles. The molecular formula is C21H32N6S. The Morgan fingerprint density at radius 1 is 1.18 bits per heavy atom. The second-order valence-electron chi connectivity index (χ2n) is 7.16. The number of anilines is 1. The first-order valence-electron chi connectivity index (χ1n) is 10.4. The molecule has 1 aliphatic heterocycles. The second kappa shape index (κ2) is 11.0. The van der Waals surface area contributed by atoms with Gasteiger partial charge >= 0.3 is 0 Å². The first kappa shape index (κ1) is 20.6. The lowest BCUT2D eigenvalue weighted by atomic mass is 10.2. The maximum Gasteiger partial charge on any atom is 0.191 e. The Hall–Kier alpha value is -2.15. The zero-order chi connectivity index (χ0) is 19.6. The minimum Gasteiger partial charge on any atom is -0.357 e. The predicted octanol–water partition coefficient (Wildman–Crippen LogP) is 3.52. The minimum atomic E-state index is 0.648. The molecule has 2 aromatic heterocycles. The van der Waals surface area contributed by atoms with Gasteiger partial charge in [-0.3, -0.25) is 0 Å². The Bertz CT molecular complexity index is 749. The van der Waals surface area contributed by atoms with Crippen LogP contribution in [0.15, 0.2) is 29.5 Å². The lowest BCUT2D eigenvalue weighted by molar-refractivity contribution is 0.726. The number of guanidine groups is 1. The SMILES string of the molecule is CCNC(=NCc1ccnc(N2CCCCCC2)c1)NCCc1ncc(C)s1. The van der Waals surface area contributed by atoms with Crippen molar-refractivity contribution in [1.82, 2.24) is 20.6 Å². The number of aromatic nitrogens is 2. The summed E-state index contributed by atoms with van der Waals surface area (Å²) in [5.41, 5.74) is 1.20. The number of nitrogens with zero attached hydrogens (tertiary/aromatic N) is 4. The Morgan fingerprint density at radius 3 is 2.71 bits per heavy atom. The smallest absolute Gasteiger partial charge is 0.191 e. The van der Waals surface area contributed by atoms with E-state index in [1.54, 1.807) is 11.3 Å². The fourth-order valence-electron chi connectivity index (χ4n) is 3.35. The largest absolute Gasteiger partial charge is 0.357 e. The molecule has 2 N–H and O–H groups in total. The third kappa shape index (κ3) is 6.48. The average molecular weight is 401 g/mol. The van der Waals surface area contributed by atoms with Gasteiger partial charge in [-0.15, -0.1) is 11.3 Å². The van der Waals surface area contributed by atoms with Gasteiger partial charge in [0.2, 0.25) is 0 Å².